The number of nitrogens with two attached hydrogens (primary N) is 1. The van der Waals surface area contributed by atoms with Gasteiger partial charge < -0.3 is 26.4 Å². The number of thioether (sulfide) groups is 1. The maximum atomic E-state index is 12.4. The molecule has 9 heteroatoms. The summed E-state index contributed by atoms with van der Waals surface area (Å²) in [6.07, 6.45) is 5.77. The molecule has 0 aromatic carbocycles. The summed E-state index contributed by atoms with van der Waals surface area (Å²) in [5, 5.41) is 17.8. The van der Waals surface area contributed by atoms with Crippen molar-refractivity contribution < 1.29 is 4.79 Å². The molecule has 116 valence electrons. The van der Waals surface area contributed by atoms with E-state index in [1.807, 2.05) is 6.26 Å². The van der Waals surface area contributed by atoms with Crippen molar-refractivity contribution in [3.63, 3.8) is 0 Å². The van der Waals surface area contributed by atoms with Gasteiger partial charge in [-0.3, -0.25) is 4.79 Å². The number of thiazole rings is 1. The minimum absolute atomic E-state index is 0.0757. The second kappa shape index (κ2) is 6.75. The van der Waals surface area contributed by atoms with Crippen LogP contribution in [-0.2, 0) is 7.05 Å². The second-order valence-electron chi connectivity index (χ2n) is 4.37. The van der Waals surface area contributed by atoms with Crippen LogP contribution in [-0.4, -0.2) is 40.2 Å². The van der Waals surface area contributed by atoms with E-state index in [9.17, 15) is 4.79 Å². The summed E-state index contributed by atoms with van der Waals surface area (Å²) in [5.74, 6) is -0.341. The third kappa shape index (κ3) is 2.90. The lowest BCUT2D eigenvalue weighted by Crippen LogP contribution is -2.30. The summed E-state index contributed by atoms with van der Waals surface area (Å²) in [6, 6.07) is 0. The number of hydrogen-bond donors (Lipinski definition) is 4. The van der Waals surface area contributed by atoms with Gasteiger partial charge in [-0.25, -0.2) is 4.98 Å². The predicted molar refractivity (Wildman–Crippen MR) is 91.6 cm³/mol. The van der Waals surface area contributed by atoms with Gasteiger partial charge in [0.1, 0.15) is 5.69 Å². The van der Waals surface area contributed by atoms with Crippen molar-refractivity contribution in [2.75, 3.05) is 12.8 Å². The summed E-state index contributed by atoms with van der Waals surface area (Å²) in [4.78, 5) is 16.8. The van der Waals surface area contributed by atoms with Crippen LogP contribution in [0.5, 0.6) is 0 Å². The number of nitrogens with one attached hydrogen (secondary N) is 3. The van der Waals surface area contributed by atoms with Crippen LogP contribution in [0.1, 0.15) is 16.1 Å². The van der Waals surface area contributed by atoms with Gasteiger partial charge in [0.15, 0.2) is 9.99 Å². The molecule has 0 bridgehead atoms. The zero-order chi connectivity index (χ0) is 16.3. The Morgan fingerprint density at radius 3 is 2.91 bits per heavy atom. The van der Waals surface area contributed by atoms with Crippen molar-refractivity contribution in [3.05, 3.63) is 23.5 Å². The highest BCUT2D eigenvalue weighted by Crippen LogP contribution is 2.33. The van der Waals surface area contributed by atoms with Gasteiger partial charge in [-0.2, -0.15) is 0 Å². The molecule has 0 atom stereocenters. The van der Waals surface area contributed by atoms with Crippen LogP contribution in [0.25, 0.3) is 10.3 Å². The number of nitrogens with zero attached hydrogens (tertiary/aromatic N) is 2. The molecule has 0 spiro atoms. The Hall–Kier alpha value is -2.13. The molecule has 0 aliphatic carbocycles. The second-order valence-corrected chi connectivity index (χ2v) is 6.42. The van der Waals surface area contributed by atoms with Crippen LogP contribution in [0.15, 0.2) is 16.6 Å². The average molecular weight is 336 g/mol. The Morgan fingerprint density at radius 1 is 1.59 bits per heavy atom. The lowest BCUT2D eigenvalue weighted by molar-refractivity contribution is 0.0951. The molecule has 7 nitrogen and oxygen atoms in total. The van der Waals surface area contributed by atoms with Crippen molar-refractivity contribution >= 4 is 51.3 Å². The summed E-state index contributed by atoms with van der Waals surface area (Å²) < 4.78 is 3.40. The fourth-order valence-corrected chi connectivity index (χ4v) is 3.63. The van der Waals surface area contributed by atoms with E-state index in [1.54, 1.807) is 11.6 Å². The van der Waals surface area contributed by atoms with Gasteiger partial charge in [0.2, 0.25) is 0 Å². The van der Waals surface area contributed by atoms with E-state index in [4.69, 9.17) is 16.6 Å². The number of fused-ring (bicyclic) bond motifs is 1. The van der Waals surface area contributed by atoms with Crippen LogP contribution in [0.2, 0.25) is 0 Å². The zero-order valence-corrected chi connectivity index (χ0v) is 13.8. The van der Waals surface area contributed by atoms with Gasteiger partial charge in [-0.1, -0.05) is 11.8 Å². The van der Waals surface area contributed by atoms with Crippen molar-refractivity contribution in [2.45, 2.75) is 4.34 Å². The topological polar surface area (TPSA) is 121 Å². The average Bonchev–Trinajstić information content (AvgIpc) is 3.03. The first-order valence-corrected chi connectivity index (χ1v) is 8.35. The number of rotatable bonds is 6. The lowest BCUT2D eigenvalue weighted by atomic mass is 10.2. The van der Waals surface area contributed by atoms with Gasteiger partial charge >= 0.3 is 0 Å². The number of hydrogen-bond acceptors (Lipinski definition) is 7. The molecule has 2 rings (SSSR count). The Labute approximate surface area is 135 Å². The Balaban J connectivity index is 2.36. The fourth-order valence-electron chi connectivity index (χ4n) is 2.02. The van der Waals surface area contributed by atoms with Crippen LogP contribution in [0, 0.1) is 10.8 Å². The SMILES string of the molecule is CSc1nc2c(s1)c(C=N)c(C(=O)NCC(=N)/C=C\N)n2C. The lowest BCUT2D eigenvalue weighted by Gasteiger charge is -2.07. The number of amides is 1. The van der Waals surface area contributed by atoms with Crippen LogP contribution >= 0.6 is 23.1 Å². The number of aromatic nitrogens is 2. The standard InChI is InChI=1S/C13H16N6OS2/c1-19-9(12(20)17-6-7(16)3-4-14)8(5-15)10-11(19)18-13(21-2)22-10/h3-5,15-16H,6,14H2,1-2H3,(H,17,20)/b4-3-,15-5?,16-7?. The first-order chi connectivity index (χ1) is 10.5. The van der Waals surface area contributed by atoms with E-state index in [0.29, 0.717) is 16.9 Å². The van der Waals surface area contributed by atoms with Crippen LogP contribution in [0.4, 0.5) is 0 Å². The van der Waals surface area contributed by atoms with E-state index >= 15 is 0 Å². The predicted octanol–water partition coefficient (Wildman–Crippen LogP) is 1.58. The molecule has 2 aromatic rings. The molecule has 0 aliphatic heterocycles. The molecule has 0 unspecified atom stereocenters. The maximum Gasteiger partial charge on any atom is 0.269 e. The summed E-state index contributed by atoms with van der Waals surface area (Å²) in [5.41, 5.74) is 7.02. The van der Waals surface area contributed by atoms with E-state index in [0.717, 1.165) is 9.04 Å². The fraction of sp³-hybridized carbons (Fsp3) is 0.231. The molecule has 2 heterocycles. The third-order valence-electron chi connectivity index (χ3n) is 3.01. The summed E-state index contributed by atoms with van der Waals surface area (Å²) >= 11 is 3.00. The summed E-state index contributed by atoms with van der Waals surface area (Å²) in [6.45, 7) is 0.0757. The monoisotopic (exact) mass is 336 g/mol. The van der Waals surface area contributed by atoms with Crippen molar-refractivity contribution in [3.8, 4) is 0 Å². The van der Waals surface area contributed by atoms with Gasteiger partial charge in [0, 0.05) is 18.8 Å². The number of carbonyl (C=O) groups excluding carboxylic acids is 1. The van der Waals surface area contributed by atoms with Gasteiger partial charge in [-0.05, 0) is 18.5 Å². The van der Waals surface area contributed by atoms with E-state index < -0.39 is 0 Å². The molecule has 1 amide bonds. The normalized spacial score (nSPS) is 11.2. The highest BCUT2D eigenvalue weighted by atomic mass is 32.2. The molecule has 0 radical (unpaired) electrons. The Bertz CT molecular complexity index is 773. The van der Waals surface area contributed by atoms with E-state index in [1.165, 1.54) is 41.6 Å². The number of aryl methyl sites for hydroxylation is 1. The highest BCUT2D eigenvalue weighted by molar-refractivity contribution is 8.00. The molecule has 5 N–H and O–H groups in total. The smallest absolute Gasteiger partial charge is 0.269 e. The molecule has 22 heavy (non-hydrogen) atoms. The number of carbonyl (C=O) groups is 1. The first-order valence-electron chi connectivity index (χ1n) is 6.31. The van der Waals surface area contributed by atoms with Crippen molar-refractivity contribution in [2.24, 2.45) is 12.8 Å². The molecule has 2 aromatic heterocycles. The highest BCUT2D eigenvalue weighted by Gasteiger charge is 2.22. The van der Waals surface area contributed by atoms with E-state index in [2.05, 4.69) is 10.3 Å². The third-order valence-corrected chi connectivity index (χ3v) is 5.08. The minimum atomic E-state index is -0.341. The van der Waals surface area contributed by atoms with Crippen LogP contribution < -0.4 is 11.1 Å². The quantitative estimate of drug-likeness (QED) is 0.472. The van der Waals surface area contributed by atoms with Gasteiger partial charge in [-0.15, -0.1) is 11.3 Å². The van der Waals surface area contributed by atoms with Crippen molar-refractivity contribution in [1.29, 1.82) is 10.8 Å². The molecule has 0 aliphatic rings. The minimum Gasteiger partial charge on any atom is -0.405 e. The zero-order valence-electron chi connectivity index (χ0n) is 12.1. The Morgan fingerprint density at radius 2 is 2.32 bits per heavy atom. The molecule has 0 saturated carbocycles. The molecular formula is C13H16N6OS2. The molecular weight excluding hydrogens is 320 g/mol. The summed E-state index contributed by atoms with van der Waals surface area (Å²) in [7, 11) is 1.75. The van der Waals surface area contributed by atoms with Gasteiger partial charge in [0.05, 0.1) is 17.0 Å². The molecule has 0 saturated heterocycles. The largest absolute Gasteiger partial charge is 0.405 e. The van der Waals surface area contributed by atoms with Crippen molar-refractivity contribution in [1.82, 2.24) is 14.9 Å². The van der Waals surface area contributed by atoms with E-state index in [-0.39, 0.29) is 18.2 Å². The van der Waals surface area contributed by atoms with Crippen LogP contribution in [0.3, 0.4) is 0 Å². The maximum absolute atomic E-state index is 12.4. The molecule has 0 fully saturated rings. The first kappa shape index (κ1) is 16.2. The van der Waals surface area contributed by atoms with Gasteiger partial charge in [0.25, 0.3) is 5.91 Å². The Kier molecular flexibility index (Phi) is 4.99.